The van der Waals surface area contributed by atoms with Crippen LogP contribution in [-0.2, 0) is 5.33 Å². The minimum atomic E-state index is -4.93. The van der Waals surface area contributed by atoms with Crippen LogP contribution in [0, 0.1) is 0 Å². The molecule has 8 heteroatoms. The van der Waals surface area contributed by atoms with E-state index in [4.69, 9.17) is 0 Å². The highest BCUT2D eigenvalue weighted by Crippen LogP contribution is 2.28. The van der Waals surface area contributed by atoms with Crippen molar-refractivity contribution in [2.24, 2.45) is 0 Å². The van der Waals surface area contributed by atoms with Gasteiger partial charge in [-0.25, -0.2) is 0 Å². The third-order valence-electron chi connectivity index (χ3n) is 1.59. The molecule has 0 atom stereocenters. The van der Waals surface area contributed by atoms with Gasteiger partial charge in [-0.2, -0.15) is 0 Å². The largest absolute Gasteiger partial charge is 0.573 e. The summed E-state index contributed by atoms with van der Waals surface area (Å²) in [5.41, 5.74) is -0.609. The number of rotatable bonds is 3. The Bertz CT molecular complexity index is 430. The molecule has 0 unspecified atom stereocenters. The van der Waals surface area contributed by atoms with Crippen LogP contribution in [0.3, 0.4) is 0 Å². The minimum absolute atomic E-state index is 0.268. The van der Waals surface area contributed by atoms with Crippen molar-refractivity contribution in [2.45, 2.75) is 11.7 Å². The van der Waals surface area contributed by atoms with Crippen molar-refractivity contribution < 1.29 is 22.6 Å². The molecule has 4 nitrogen and oxygen atoms in total. The summed E-state index contributed by atoms with van der Waals surface area (Å²) >= 11 is 3.05. The lowest BCUT2D eigenvalue weighted by Crippen LogP contribution is -2.23. The van der Waals surface area contributed by atoms with E-state index in [0.717, 1.165) is 7.11 Å². The van der Waals surface area contributed by atoms with Gasteiger partial charge in [-0.3, -0.25) is 4.79 Å². The summed E-state index contributed by atoms with van der Waals surface area (Å²) in [6, 6.07) is 1.25. The van der Waals surface area contributed by atoms with Crippen LogP contribution < -0.4 is 15.0 Å². The Morgan fingerprint density at radius 1 is 1.50 bits per heavy atom. The van der Waals surface area contributed by atoms with Crippen molar-refractivity contribution >= 4 is 15.9 Å². The Balaban J connectivity index is 3.22. The maximum atomic E-state index is 12.0. The Labute approximate surface area is 96.5 Å². The third-order valence-corrected chi connectivity index (χ3v) is 2.20. The highest BCUT2D eigenvalue weighted by Gasteiger charge is 2.34. The molecule has 0 spiro atoms. The van der Waals surface area contributed by atoms with Gasteiger partial charge in [0, 0.05) is 17.1 Å². The van der Waals surface area contributed by atoms with E-state index in [1.165, 1.54) is 6.07 Å². The molecule has 16 heavy (non-hydrogen) atoms. The number of aromatic amines is 1. The molecule has 1 N–H and O–H groups in total. The number of halogens is 4. The van der Waals surface area contributed by atoms with Gasteiger partial charge in [-0.05, 0) is 0 Å². The number of hydrogen-bond acceptors (Lipinski definition) is 3. The standard InChI is InChI=1S/C8H7BrF3NO3/c1-15-5-2-4(3-9)13-7(14)6(5)16-8(10,11)12/h2H,3H2,1H3,(H,13,14). The minimum Gasteiger partial charge on any atom is -0.493 e. The van der Waals surface area contributed by atoms with Gasteiger partial charge in [0.2, 0.25) is 5.75 Å². The van der Waals surface area contributed by atoms with Gasteiger partial charge in [0.05, 0.1) is 7.11 Å². The first kappa shape index (κ1) is 12.9. The lowest BCUT2D eigenvalue weighted by Gasteiger charge is -2.12. The molecule has 0 aliphatic rings. The fraction of sp³-hybridized carbons (Fsp3) is 0.375. The summed E-state index contributed by atoms with van der Waals surface area (Å²) in [6.45, 7) is 0. The van der Waals surface area contributed by atoms with E-state index in [-0.39, 0.29) is 11.1 Å². The zero-order valence-corrected chi connectivity index (χ0v) is 9.61. The summed E-state index contributed by atoms with van der Waals surface area (Å²) in [5.74, 6) is -1.17. The fourth-order valence-corrected chi connectivity index (χ4v) is 1.31. The molecule has 0 bridgehead atoms. The van der Waals surface area contributed by atoms with Gasteiger partial charge < -0.3 is 14.5 Å². The lowest BCUT2D eigenvalue weighted by atomic mass is 10.3. The number of alkyl halides is 4. The molecule has 0 fully saturated rings. The van der Waals surface area contributed by atoms with Crippen molar-refractivity contribution in [3.05, 3.63) is 22.1 Å². The van der Waals surface area contributed by atoms with Crippen molar-refractivity contribution in [1.29, 1.82) is 0 Å². The molecular formula is C8H7BrF3NO3. The molecule has 0 amide bonds. The number of hydrogen-bond donors (Lipinski definition) is 1. The molecule has 0 saturated carbocycles. The number of H-pyrrole nitrogens is 1. The second kappa shape index (κ2) is 4.77. The van der Waals surface area contributed by atoms with Crippen molar-refractivity contribution in [3.63, 3.8) is 0 Å². The van der Waals surface area contributed by atoms with E-state index in [1.807, 2.05) is 0 Å². The predicted octanol–water partition coefficient (Wildman–Crippen LogP) is 2.18. The molecule has 0 radical (unpaired) electrons. The predicted molar refractivity (Wildman–Crippen MR) is 52.9 cm³/mol. The molecule has 1 heterocycles. The summed E-state index contributed by atoms with van der Waals surface area (Å²) < 4.78 is 44.2. The second-order valence-electron chi connectivity index (χ2n) is 2.70. The van der Waals surface area contributed by atoms with E-state index in [9.17, 15) is 18.0 Å². The van der Waals surface area contributed by atoms with Crippen LogP contribution in [0.15, 0.2) is 10.9 Å². The van der Waals surface area contributed by atoms with Gasteiger partial charge in [0.1, 0.15) is 0 Å². The lowest BCUT2D eigenvalue weighted by molar-refractivity contribution is -0.275. The number of methoxy groups -OCH3 is 1. The van der Waals surface area contributed by atoms with Crippen molar-refractivity contribution in [1.82, 2.24) is 4.98 Å². The smallest absolute Gasteiger partial charge is 0.493 e. The average molecular weight is 302 g/mol. The topological polar surface area (TPSA) is 51.3 Å². The van der Waals surface area contributed by atoms with E-state index < -0.39 is 17.7 Å². The first-order valence-corrected chi connectivity index (χ1v) is 5.11. The highest BCUT2D eigenvalue weighted by molar-refractivity contribution is 9.08. The van der Waals surface area contributed by atoms with Crippen molar-refractivity contribution in [2.75, 3.05) is 7.11 Å². The number of pyridine rings is 1. The maximum absolute atomic E-state index is 12.0. The van der Waals surface area contributed by atoms with Crippen LogP contribution in [0.2, 0.25) is 0 Å². The maximum Gasteiger partial charge on any atom is 0.573 e. The highest BCUT2D eigenvalue weighted by atomic mass is 79.9. The number of nitrogens with one attached hydrogen (secondary N) is 1. The van der Waals surface area contributed by atoms with Gasteiger partial charge in [-0.15, -0.1) is 13.2 Å². The van der Waals surface area contributed by atoms with Crippen LogP contribution in [0.25, 0.3) is 0 Å². The van der Waals surface area contributed by atoms with Gasteiger partial charge in [0.25, 0.3) is 5.56 Å². The molecule has 1 aromatic heterocycles. The molecule has 1 aromatic rings. The summed E-state index contributed by atoms with van der Waals surface area (Å²) in [5, 5.41) is 0.283. The zero-order valence-electron chi connectivity index (χ0n) is 8.02. The monoisotopic (exact) mass is 301 g/mol. The van der Waals surface area contributed by atoms with E-state index in [0.29, 0.717) is 5.69 Å². The average Bonchev–Trinajstić information content (AvgIpc) is 2.19. The van der Waals surface area contributed by atoms with Crippen LogP contribution in [0.4, 0.5) is 13.2 Å². The molecular weight excluding hydrogens is 295 g/mol. The Morgan fingerprint density at radius 3 is 2.56 bits per heavy atom. The first-order valence-electron chi connectivity index (χ1n) is 3.99. The Hall–Kier alpha value is -1.18. The molecule has 90 valence electrons. The SMILES string of the molecule is COc1cc(CBr)[nH]c(=O)c1OC(F)(F)F. The molecule has 0 aromatic carbocycles. The van der Waals surface area contributed by atoms with Crippen LogP contribution in [0.5, 0.6) is 11.5 Å². The van der Waals surface area contributed by atoms with Gasteiger partial charge in [0.15, 0.2) is 5.75 Å². The van der Waals surface area contributed by atoms with Crippen LogP contribution in [-0.4, -0.2) is 18.5 Å². The number of ether oxygens (including phenoxy) is 2. The van der Waals surface area contributed by atoms with E-state index in [1.54, 1.807) is 0 Å². The zero-order chi connectivity index (χ0) is 12.3. The molecule has 0 aliphatic carbocycles. The van der Waals surface area contributed by atoms with E-state index >= 15 is 0 Å². The molecule has 0 aliphatic heterocycles. The normalized spacial score (nSPS) is 11.3. The summed E-state index contributed by atoms with van der Waals surface area (Å²) in [4.78, 5) is 13.5. The second-order valence-corrected chi connectivity index (χ2v) is 3.26. The molecule has 1 rings (SSSR count). The Morgan fingerprint density at radius 2 is 2.12 bits per heavy atom. The van der Waals surface area contributed by atoms with Crippen LogP contribution in [0.1, 0.15) is 5.69 Å². The van der Waals surface area contributed by atoms with Gasteiger partial charge >= 0.3 is 6.36 Å². The summed E-state index contributed by atoms with van der Waals surface area (Å²) in [7, 11) is 1.15. The van der Waals surface area contributed by atoms with Gasteiger partial charge in [-0.1, -0.05) is 15.9 Å². The Kier molecular flexibility index (Phi) is 3.84. The van der Waals surface area contributed by atoms with Crippen molar-refractivity contribution in [3.8, 4) is 11.5 Å². The van der Waals surface area contributed by atoms with Crippen LogP contribution >= 0.6 is 15.9 Å². The first-order chi connectivity index (χ1) is 7.37. The fourth-order valence-electron chi connectivity index (χ4n) is 1.01. The van der Waals surface area contributed by atoms with E-state index in [2.05, 4.69) is 30.4 Å². The molecule has 0 saturated heterocycles. The number of aromatic nitrogens is 1. The quantitative estimate of drug-likeness (QED) is 0.871. The third kappa shape index (κ3) is 3.16. The summed E-state index contributed by atoms with van der Waals surface area (Å²) in [6.07, 6.45) is -4.93.